The first-order chi connectivity index (χ1) is 13.0. The maximum atomic E-state index is 12.0. The monoisotopic (exact) mass is 388 g/mol. The molecule has 0 spiro atoms. The molecule has 0 unspecified atom stereocenters. The van der Waals surface area contributed by atoms with E-state index >= 15 is 0 Å². The van der Waals surface area contributed by atoms with Gasteiger partial charge in [0.25, 0.3) is 0 Å². The molecule has 2 N–H and O–H groups in total. The minimum Gasteiger partial charge on any atom is -0.490 e. The number of aromatic nitrogens is 3. The molecule has 0 radical (unpaired) electrons. The number of benzene rings is 1. The van der Waals surface area contributed by atoms with Gasteiger partial charge in [-0.3, -0.25) is 9.48 Å². The molecule has 0 bridgehead atoms. The number of fused-ring (bicyclic) bond motifs is 3. The van der Waals surface area contributed by atoms with Crippen molar-refractivity contribution in [2.24, 2.45) is 7.05 Å². The number of aliphatic hydroxyl groups is 1. The number of hydrogen-bond donors (Lipinski definition) is 2. The molecular formula is C19H21ClN4O3. The summed E-state index contributed by atoms with van der Waals surface area (Å²) >= 11 is 6.53. The van der Waals surface area contributed by atoms with Crippen LogP contribution in [0.1, 0.15) is 18.2 Å². The summed E-state index contributed by atoms with van der Waals surface area (Å²) in [5, 5.41) is 15.3. The summed E-state index contributed by atoms with van der Waals surface area (Å²) in [6.45, 7) is 2.92. The molecule has 142 valence electrons. The van der Waals surface area contributed by atoms with Crippen molar-refractivity contribution in [2.45, 2.75) is 19.9 Å². The third kappa shape index (κ3) is 2.96. The van der Waals surface area contributed by atoms with Crippen LogP contribution in [-0.4, -0.2) is 50.4 Å². The minimum atomic E-state index is -0.485. The molecule has 8 heteroatoms. The molecule has 4 rings (SSSR count). The third-order valence-corrected chi connectivity index (χ3v) is 5.20. The van der Waals surface area contributed by atoms with Crippen molar-refractivity contribution in [3.63, 3.8) is 0 Å². The average Bonchev–Trinajstić information content (AvgIpc) is 3.26. The number of nitrogens with one attached hydrogen (secondary N) is 1. The molecule has 0 saturated carbocycles. The highest BCUT2D eigenvalue weighted by molar-refractivity contribution is 6.34. The molecule has 0 saturated heterocycles. The number of rotatable bonds is 4. The predicted octanol–water partition coefficient (Wildman–Crippen LogP) is 2.50. The molecule has 3 aromatic rings. The van der Waals surface area contributed by atoms with Crippen LogP contribution >= 0.6 is 11.6 Å². The SMILES string of the molecule is CCOc1c(Cl)cc(-c2ccn(C)n2)c2c3c([nH]c12)CCN(C(=O)CO)C3. The lowest BCUT2D eigenvalue weighted by atomic mass is 9.98. The zero-order valence-electron chi connectivity index (χ0n) is 15.3. The van der Waals surface area contributed by atoms with Gasteiger partial charge in [0, 0.05) is 55.0 Å². The number of aromatic amines is 1. The molecule has 0 fully saturated rings. The van der Waals surface area contributed by atoms with Gasteiger partial charge in [-0.1, -0.05) is 11.6 Å². The van der Waals surface area contributed by atoms with Gasteiger partial charge < -0.3 is 19.7 Å². The van der Waals surface area contributed by atoms with Gasteiger partial charge in [-0.2, -0.15) is 5.10 Å². The molecule has 0 aliphatic carbocycles. The molecule has 1 amide bonds. The van der Waals surface area contributed by atoms with Gasteiger partial charge in [-0.15, -0.1) is 0 Å². The predicted molar refractivity (Wildman–Crippen MR) is 103 cm³/mol. The van der Waals surface area contributed by atoms with Crippen LogP contribution in [0.4, 0.5) is 0 Å². The summed E-state index contributed by atoms with van der Waals surface area (Å²) < 4.78 is 7.55. The Hall–Kier alpha value is -2.51. The lowest BCUT2D eigenvalue weighted by Gasteiger charge is -2.26. The highest BCUT2D eigenvalue weighted by atomic mass is 35.5. The van der Waals surface area contributed by atoms with Gasteiger partial charge >= 0.3 is 0 Å². The molecule has 1 aliphatic rings. The van der Waals surface area contributed by atoms with Gasteiger partial charge in [0.1, 0.15) is 6.61 Å². The second-order valence-electron chi connectivity index (χ2n) is 6.60. The summed E-state index contributed by atoms with van der Waals surface area (Å²) in [5.41, 5.74) is 4.62. The molecule has 0 atom stereocenters. The van der Waals surface area contributed by atoms with E-state index in [2.05, 4.69) is 10.1 Å². The van der Waals surface area contributed by atoms with E-state index in [1.165, 1.54) is 0 Å². The molecule has 3 heterocycles. The van der Waals surface area contributed by atoms with Crippen LogP contribution in [0, 0.1) is 0 Å². The van der Waals surface area contributed by atoms with Gasteiger partial charge in [0.05, 0.1) is 22.8 Å². The van der Waals surface area contributed by atoms with Crippen molar-refractivity contribution in [1.29, 1.82) is 0 Å². The molecular weight excluding hydrogens is 368 g/mol. The average molecular weight is 389 g/mol. The highest BCUT2D eigenvalue weighted by Gasteiger charge is 2.28. The van der Waals surface area contributed by atoms with E-state index in [1.54, 1.807) is 9.58 Å². The molecule has 1 aromatic carbocycles. The number of carbonyl (C=O) groups excluding carboxylic acids is 1. The molecule has 1 aliphatic heterocycles. The second kappa shape index (κ2) is 6.90. The van der Waals surface area contributed by atoms with Crippen LogP contribution in [-0.2, 0) is 24.8 Å². The van der Waals surface area contributed by atoms with Crippen LogP contribution in [0.2, 0.25) is 5.02 Å². The van der Waals surface area contributed by atoms with E-state index in [0.717, 1.165) is 33.4 Å². The van der Waals surface area contributed by atoms with Crippen LogP contribution in [0.5, 0.6) is 5.75 Å². The zero-order chi connectivity index (χ0) is 19.1. The first-order valence-corrected chi connectivity index (χ1v) is 9.28. The zero-order valence-corrected chi connectivity index (χ0v) is 16.0. The van der Waals surface area contributed by atoms with Gasteiger partial charge in [0.2, 0.25) is 5.91 Å². The van der Waals surface area contributed by atoms with E-state index < -0.39 is 6.61 Å². The van der Waals surface area contributed by atoms with Crippen molar-refractivity contribution in [3.05, 3.63) is 34.6 Å². The Morgan fingerprint density at radius 1 is 1.48 bits per heavy atom. The summed E-state index contributed by atoms with van der Waals surface area (Å²) in [6.07, 6.45) is 2.56. The Bertz CT molecular complexity index is 1020. The largest absolute Gasteiger partial charge is 0.490 e. The number of ether oxygens (including phenoxy) is 1. The molecule has 7 nitrogen and oxygen atoms in total. The van der Waals surface area contributed by atoms with Crippen LogP contribution in [0.15, 0.2) is 18.3 Å². The number of aliphatic hydroxyl groups excluding tert-OH is 1. The Labute approximate surface area is 161 Å². The third-order valence-electron chi connectivity index (χ3n) is 4.92. The number of amides is 1. The quantitative estimate of drug-likeness (QED) is 0.719. The smallest absolute Gasteiger partial charge is 0.248 e. The summed E-state index contributed by atoms with van der Waals surface area (Å²) in [7, 11) is 1.87. The van der Waals surface area contributed by atoms with Crippen LogP contribution < -0.4 is 4.74 Å². The number of nitrogens with zero attached hydrogens (tertiary/aromatic N) is 3. The number of halogens is 1. The Balaban J connectivity index is 1.97. The molecule has 27 heavy (non-hydrogen) atoms. The Morgan fingerprint density at radius 3 is 2.96 bits per heavy atom. The summed E-state index contributed by atoms with van der Waals surface area (Å²) in [4.78, 5) is 17.2. The summed E-state index contributed by atoms with van der Waals surface area (Å²) in [6, 6.07) is 3.81. The van der Waals surface area contributed by atoms with E-state index in [-0.39, 0.29) is 5.91 Å². The fourth-order valence-electron chi connectivity index (χ4n) is 3.71. The number of H-pyrrole nitrogens is 1. The van der Waals surface area contributed by atoms with Gasteiger partial charge in [0.15, 0.2) is 5.75 Å². The van der Waals surface area contributed by atoms with Gasteiger partial charge in [-0.25, -0.2) is 0 Å². The van der Waals surface area contributed by atoms with E-state index in [4.69, 9.17) is 16.3 Å². The normalized spacial score (nSPS) is 13.9. The van der Waals surface area contributed by atoms with Crippen molar-refractivity contribution in [2.75, 3.05) is 19.8 Å². The van der Waals surface area contributed by atoms with Crippen molar-refractivity contribution in [1.82, 2.24) is 19.7 Å². The van der Waals surface area contributed by atoms with Crippen molar-refractivity contribution in [3.8, 4) is 17.0 Å². The van der Waals surface area contributed by atoms with E-state index in [9.17, 15) is 9.90 Å². The first-order valence-electron chi connectivity index (χ1n) is 8.90. The Kier molecular flexibility index (Phi) is 4.57. The fourth-order valence-corrected chi connectivity index (χ4v) is 3.96. The van der Waals surface area contributed by atoms with Crippen molar-refractivity contribution < 1.29 is 14.6 Å². The first kappa shape index (κ1) is 17.9. The fraction of sp³-hybridized carbons (Fsp3) is 0.368. The summed E-state index contributed by atoms with van der Waals surface area (Å²) in [5.74, 6) is 0.344. The van der Waals surface area contributed by atoms with E-state index in [0.29, 0.717) is 36.9 Å². The lowest BCUT2D eigenvalue weighted by Crippen LogP contribution is -2.37. The van der Waals surface area contributed by atoms with E-state index in [1.807, 2.05) is 32.3 Å². The van der Waals surface area contributed by atoms with Crippen LogP contribution in [0.25, 0.3) is 22.2 Å². The minimum absolute atomic E-state index is 0.270. The topological polar surface area (TPSA) is 83.4 Å². The Morgan fingerprint density at radius 2 is 2.30 bits per heavy atom. The lowest BCUT2D eigenvalue weighted by molar-refractivity contribution is -0.135. The number of carbonyl (C=O) groups is 1. The number of hydrogen-bond acceptors (Lipinski definition) is 4. The highest BCUT2D eigenvalue weighted by Crippen LogP contribution is 2.43. The number of aryl methyl sites for hydroxylation is 1. The maximum Gasteiger partial charge on any atom is 0.248 e. The van der Waals surface area contributed by atoms with Gasteiger partial charge in [-0.05, 0) is 19.1 Å². The van der Waals surface area contributed by atoms with Crippen LogP contribution in [0.3, 0.4) is 0 Å². The van der Waals surface area contributed by atoms with Crippen molar-refractivity contribution >= 4 is 28.4 Å². The molecule has 2 aromatic heterocycles. The second-order valence-corrected chi connectivity index (χ2v) is 7.01. The maximum absolute atomic E-state index is 12.0. The standard InChI is InChI=1S/C19H21ClN4O3/c1-3-27-19-13(20)8-11(15-4-6-23(2)22-15)17-12-9-24(16(26)10-25)7-5-14(12)21-18(17)19/h4,6,8,21,25H,3,5,7,9-10H2,1-2H3.